The lowest BCUT2D eigenvalue weighted by Crippen LogP contribution is -2.65. The van der Waals surface area contributed by atoms with Crippen molar-refractivity contribution in [3.8, 4) is 5.69 Å². The van der Waals surface area contributed by atoms with E-state index in [1.807, 2.05) is 18.2 Å². The second-order valence-electron chi connectivity index (χ2n) is 7.91. The molecule has 8 heteroatoms. The van der Waals surface area contributed by atoms with Crippen molar-refractivity contribution in [2.45, 2.75) is 31.5 Å². The van der Waals surface area contributed by atoms with Crippen molar-refractivity contribution in [2.24, 2.45) is 10.7 Å². The molecular formula is C23H24FN7. The Hall–Kier alpha value is -3.52. The van der Waals surface area contributed by atoms with Crippen LogP contribution < -0.4 is 16.4 Å². The molecule has 0 bridgehead atoms. The van der Waals surface area contributed by atoms with Crippen LogP contribution in [0.2, 0.25) is 0 Å². The molecule has 158 valence electrons. The average Bonchev–Trinajstić information content (AvgIpc) is 3.39. The Bertz CT molecular complexity index is 1200. The normalized spacial score (nSPS) is 24.1. The number of hydrogen-bond donors (Lipinski definition) is 3. The van der Waals surface area contributed by atoms with Gasteiger partial charge in [0.1, 0.15) is 29.5 Å². The highest BCUT2D eigenvalue weighted by Gasteiger charge is 2.41. The van der Waals surface area contributed by atoms with Gasteiger partial charge in [0.05, 0.1) is 0 Å². The molecule has 1 aliphatic carbocycles. The molecule has 2 aliphatic rings. The minimum atomic E-state index is -1.19. The zero-order valence-corrected chi connectivity index (χ0v) is 17.4. The van der Waals surface area contributed by atoms with E-state index >= 15 is 4.39 Å². The molecule has 0 fully saturated rings. The van der Waals surface area contributed by atoms with Crippen LogP contribution in [0.25, 0.3) is 5.69 Å². The average molecular weight is 417 g/mol. The molecule has 2 unspecified atom stereocenters. The van der Waals surface area contributed by atoms with Gasteiger partial charge in [0.25, 0.3) is 0 Å². The third kappa shape index (κ3) is 3.19. The van der Waals surface area contributed by atoms with E-state index in [0.717, 1.165) is 29.9 Å². The van der Waals surface area contributed by atoms with Gasteiger partial charge in [-0.15, -0.1) is 0 Å². The third-order valence-electron chi connectivity index (χ3n) is 6.06. The molecule has 2 heterocycles. The number of nitrogens with one attached hydrogen (secondary N) is 2. The SMILES string of the molecule is CN=C1NC(N)(c2ccc(-n3ncnc3C)c(F)c2)NC2=C1CCC2c1ccccc1. The summed E-state index contributed by atoms with van der Waals surface area (Å²) in [7, 11) is 1.74. The summed E-state index contributed by atoms with van der Waals surface area (Å²) >= 11 is 0. The Balaban J connectivity index is 1.53. The summed E-state index contributed by atoms with van der Waals surface area (Å²) in [6, 6.07) is 15.2. The van der Waals surface area contributed by atoms with Gasteiger partial charge in [-0.05, 0) is 37.5 Å². The Morgan fingerprint density at radius 1 is 1.19 bits per heavy atom. The van der Waals surface area contributed by atoms with Gasteiger partial charge in [0.2, 0.25) is 0 Å². The monoisotopic (exact) mass is 417 g/mol. The van der Waals surface area contributed by atoms with Crippen LogP contribution in [-0.4, -0.2) is 27.6 Å². The van der Waals surface area contributed by atoms with Crippen LogP contribution >= 0.6 is 0 Å². The first-order chi connectivity index (χ1) is 15.0. The molecule has 0 saturated heterocycles. The fraction of sp³-hybridized carbons (Fsp3) is 0.261. The fourth-order valence-electron chi connectivity index (χ4n) is 4.51. The Morgan fingerprint density at radius 2 is 2.00 bits per heavy atom. The minimum Gasteiger partial charge on any atom is -0.349 e. The quantitative estimate of drug-likeness (QED) is 0.609. The Labute approximate surface area is 179 Å². The van der Waals surface area contributed by atoms with Crippen LogP contribution in [0, 0.1) is 12.7 Å². The number of aryl methyl sites for hydroxylation is 1. The zero-order valence-electron chi connectivity index (χ0n) is 17.4. The molecule has 0 saturated carbocycles. The lowest BCUT2D eigenvalue weighted by atomic mass is 9.94. The van der Waals surface area contributed by atoms with E-state index in [-0.39, 0.29) is 5.92 Å². The van der Waals surface area contributed by atoms with E-state index in [9.17, 15) is 0 Å². The standard InChI is InChI=1S/C23H24FN7/c1-14-27-13-28-31(14)20-11-8-16(12-19(20)24)23(25)29-21-17(15-6-4-3-5-7-15)9-10-18(21)22(26-2)30-23/h3-8,11-13,17,29H,9-10,25H2,1-2H3,(H,26,30). The molecule has 0 radical (unpaired) electrons. The number of hydrogen-bond acceptors (Lipinski definition) is 5. The second kappa shape index (κ2) is 7.31. The number of nitrogens with two attached hydrogens (primary N) is 1. The minimum absolute atomic E-state index is 0.194. The van der Waals surface area contributed by atoms with Crippen LogP contribution in [0.3, 0.4) is 0 Å². The highest BCUT2D eigenvalue weighted by Crippen LogP contribution is 2.41. The molecule has 1 aromatic heterocycles. The first kappa shape index (κ1) is 19.4. The van der Waals surface area contributed by atoms with Gasteiger partial charge in [-0.2, -0.15) is 5.10 Å². The fourth-order valence-corrected chi connectivity index (χ4v) is 4.51. The number of rotatable bonds is 3. The molecule has 3 aromatic rings. The summed E-state index contributed by atoms with van der Waals surface area (Å²) in [4.78, 5) is 8.51. The first-order valence-corrected chi connectivity index (χ1v) is 10.3. The molecule has 0 amide bonds. The molecule has 0 spiro atoms. The third-order valence-corrected chi connectivity index (χ3v) is 6.06. The summed E-state index contributed by atoms with van der Waals surface area (Å²) in [5.41, 5.74) is 11.1. The van der Waals surface area contributed by atoms with E-state index in [0.29, 0.717) is 17.1 Å². The van der Waals surface area contributed by atoms with Crippen LogP contribution in [-0.2, 0) is 5.79 Å². The lowest BCUT2D eigenvalue weighted by molar-refractivity contribution is 0.330. The molecule has 2 aromatic carbocycles. The van der Waals surface area contributed by atoms with Crippen molar-refractivity contribution in [1.29, 1.82) is 0 Å². The second-order valence-corrected chi connectivity index (χ2v) is 7.91. The molecule has 4 N–H and O–H groups in total. The number of nitrogens with zero attached hydrogens (tertiary/aromatic N) is 4. The lowest BCUT2D eigenvalue weighted by Gasteiger charge is -2.40. The molecule has 7 nitrogen and oxygen atoms in total. The maximum absolute atomic E-state index is 15.1. The first-order valence-electron chi connectivity index (χ1n) is 10.3. The molecule has 5 rings (SSSR count). The highest BCUT2D eigenvalue weighted by atomic mass is 19.1. The number of amidine groups is 1. The Morgan fingerprint density at radius 3 is 2.68 bits per heavy atom. The largest absolute Gasteiger partial charge is 0.349 e. The van der Waals surface area contributed by atoms with Gasteiger partial charge < -0.3 is 10.6 Å². The van der Waals surface area contributed by atoms with Crippen molar-refractivity contribution in [1.82, 2.24) is 25.4 Å². The van der Waals surface area contributed by atoms with Crippen molar-refractivity contribution < 1.29 is 4.39 Å². The van der Waals surface area contributed by atoms with Crippen molar-refractivity contribution in [2.75, 3.05) is 7.05 Å². The van der Waals surface area contributed by atoms with Crippen molar-refractivity contribution in [3.05, 3.63) is 88.9 Å². The van der Waals surface area contributed by atoms with E-state index < -0.39 is 11.6 Å². The summed E-state index contributed by atoms with van der Waals surface area (Å²) in [6.45, 7) is 1.77. The number of aromatic nitrogens is 3. The zero-order chi connectivity index (χ0) is 21.6. The van der Waals surface area contributed by atoms with Gasteiger partial charge in [-0.1, -0.05) is 36.4 Å². The van der Waals surface area contributed by atoms with E-state index in [4.69, 9.17) is 5.73 Å². The van der Waals surface area contributed by atoms with Crippen molar-refractivity contribution in [3.63, 3.8) is 0 Å². The number of halogens is 1. The van der Waals surface area contributed by atoms with Gasteiger partial charge in [-0.3, -0.25) is 10.7 Å². The van der Waals surface area contributed by atoms with Gasteiger partial charge in [0.15, 0.2) is 5.79 Å². The van der Waals surface area contributed by atoms with E-state index in [1.165, 1.54) is 22.6 Å². The van der Waals surface area contributed by atoms with E-state index in [2.05, 4.69) is 37.8 Å². The molecule has 2 atom stereocenters. The van der Waals surface area contributed by atoms with Crippen LogP contribution in [0.4, 0.5) is 4.39 Å². The van der Waals surface area contributed by atoms with Gasteiger partial charge in [-0.25, -0.2) is 14.1 Å². The highest BCUT2D eigenvalue weighted by molar-refractivity contribution is 6.01. The van der Waals surface area contributed by atoms with Crippen LogP contribution in [0.15, 0.2) is 71.1 Å². The van der Waals surface area contributed by atoms with E-state index in [1.54, 1.807) is 26.1 Å². The smallest absolute Gasteiger partial charge is 0.190 e. The van der Waals surface area contributed by atoms with Crippen molar-refractivity contribution >= 4 is 5.84 Å². The predicted molar refractivity (Wildman–Crippen MR) is 117 cm³/mol. The molecule has 31 heavy (non-hydrogen) atoms. The number of allylic oxidation sites excluding steroid dienone is 1. The maximum Gasteiger partial charge on any atom is 0.190 e. The van der Waals surface area contributed by atoms with Gasteiger partial charge in [0, 0.05) is 29.8 Å². The van der Waals surface area contributed by atoms with Crippen LogP contribution in [0.5, 0.6) is 0 Å². The topological polar surface area (TPSA) is 93.1 Å². The van der Waals surface area contributed by atoms with Crippen LogP contribution in [0.1, 0.15) is 35.7 Å². The van der Waals surface area contributed by atoms with Gasteiger partial charge >= 0.3 is 0 Å². The maximum atomic E-state index is 15.1. The summed E-state index contributed by atoms with van der Waals surface area (Å²) in [5.74, 6) is -0.0802. The molecule has 1 aliphatic heterocycles. The summed E-state index contributed by atoms with van der Waals surface area (Å²) < 4.78 is 16.5. The Kier molecular flexibility index (Phi) is 4.59. The summed E-state index contributed by atoms with van der Waals surface area (Å²) in [6.07, 6.45) is 3.27. The predicted octanol–water partition coefficient (Wildman–Crippen LogP) is 2.84. The summed E-state index contributed by atoms with van der Waals surface area (Å²) in [5, 5.41) is 10.9. The number of benzene rings is 2. The number of aliphatic imine (C=N–C) groups is 1. The molecular weight excluding hydrogens is 393 g/mol.